The maximum Gasteiger partial charge on any atom is 0.129 e. The number of anilines is 1. The van der Waals surface area contributed by atoms with Crippen molar-refractivity contribution in [2.75, 3.05) is 38.6 Å². The van der Waals surface area contributed by atoms with Crippen molar-refractivity contribution >= 4 is 5.82 Å². The van der Waals surface area contributed by atoms with Crippen LogP contribution in [0.4, 0.5) is 5.82 Å². The van der Waals surface area contributed by atoms with Gasteiger partial charge >= 0.3 is 0 Å². The molecule has 3 rings (SSSR count). The van der Waals surface area contributed by atoms with E-state index in [1.165, 1.54) is 24.2 Å². The van der Waals surface area contributed by atoms with Crippen molar-refractivity contribution in [1.82, 2.24) is 19.4 Å². The number of pyridine rings is 1. The van der Waals surface area contributed by atoms with E-state index in [-0.39, 0.29) is 0 Å². The van der Waals surface area contributed by atoms with Crippen LogP contribution in [0, 0.1) is 13.8 Å². The molecule has 5 heteroatoms. The molecular formula is C20H31N5. The van der Waals surface area contributed by atoms with E-state index < -0.39 is 0 Å². The number of hydrogen-bond acceptors (Lipinski definition) is 4. The lowest BCUT2D eigenvalue weighted by atomic mass is 9.97. The number of aromatic nitrogens is 3. The Morgan fingerprint density at radius 1 is 1.24 bits per heavy atom. The Hall–Kier alpha value is -1.88. The van der Waals surface area contributed by atoms with E-state index >= 15 is 0 Å². The topological polar surface area (TPSA) is 37.2 Å². The van der Waals surface area contributed by atoms with Crippen LogP contribution in [0.25, 0.3) is 0 Å². The van der Waals surface area contributed by atoms with Gasteiger partial charge in [-0.25, -0.2) is 9.97 Å². The highest BCUT2D eigenvalue weighted by molar-refractivity contribution is 5.43. The normalized spacial score (nSPS) is 18.1. The van der Waals surface area contributed by atoms with Gasteiger partial charge in [-0.15, -0.1) is 0 Å². The average Bonchev–Trinajstić information content (AvgIpc) is 3.02. The van der Waals surface area contributed by atoms with Gasteiger partial charge in [-0.3, -0.25) is 0 Å². The quantitative estimate of drug-likeness (QED) is 0.808. The second kappa shape index (κ2) is 8.00. The molecular weight excluding hydrogens is 310 g/mol. The molecule has 0 unspecified atom stereocenters. The summed E-state index contributed by atoms with van der Waals surface area (Å²) in [6, 6.07) is 4.35. The molecule has 0 saturated carbocycles. The number of rotatable bonds is 6. The Morgan fingerprint density at radius 2 is 2.08 bits per heavy atom. The summed E-state index contributed by atoms with van der Waals surface area (Å²) in [5.74, 6) is 2.85. The molecule has 2 aromatic rings. The minimum atomic E-state index is 0.491. The minimum Gasteiger partial charge on any atom is -0.356 e. The standard InChI is InChI=1S/C20H31N5/c1-16-13-17(2)22-19(14-16)25-10-5-7-18(15-25)20-21-8-12-24(20)11-6-9-23(3)4/h8,12-14,18H,5-7,9-11,15H2,1-4H3/t18-/m0/s1. The third kappa shape index (κ3) is 4.60. The van der Waals surface area contributed by atoms with Crippen LogP contribution >= 0.6 is 0 Å². The zero-order valence-electron chi connectivity index (χ0n) is 16.1. The molecule has 0 bridgehead atoms. The molecule has 136 valence electrons. The molecule has 25 heavy (non-hydrogen) atoms. The third-order valence-corrected chi connectivity index (χ3v) is 4.95. The highest BCUT2D eigenvalue weighted by Crippen LogP contribution is 2.29. The molecule has 0 N–H and O–H groups in total. The second-order valence-electron chi connectivity index (χ2n) is 7.56. The first-order valence-electron chi connectivity index (χ1n) is 9.39. The maximum atomic E-state index is 4.76. The summed E-state index contributed by atoms with van der Waals surface area (Å²) in [7, 11) is 4.26. The number of nitrogens with zero attached hydrogens (tertiary/aromatic N) is 5. The van der Waals surface area contributed by atoms with E-state index in [0.717, 1.165) is 44.1 Å². The third-order valence-electron chi connectivity index (χ3n) is 4.95. The van der Waals surface area contributed by atoms with Crippen LogP contribution in [-0.4, -0.2) is 53.2 Å². The molecule has 1 aliphatic heterocycles. The summed E-state index contributed by atoms with van der Waals surface area (Å²) in [4.78, 5) is 14.1. The molecule has 2 aromatic heterocycles. The molecule has 0 amide bonds. The molecule has 3 heterocycles. The molecule has 0 spiro atoms. The molecule has 5 nitrogen and oxygen atoms in total. The second-order valence-corrected chi connectivity index (χ2v) is 7.56. The van der Waals surface area contributed by atoms with Gasteiger partial charge in [0.25, 0.3) is 0 Å². The first-order valence-corrected chi connectivity index (χ1v) is 9.39. The van der Waals surface area contributed by atoms with E-state index in [0.29, 0.717) is 5.92 Å². The van der Waals surface area contributed by atoms with Crippen LogP contribution in [0.5, 0.6) is 0 Å². The Kier molecular flexibility index (Phi) is 5.74. The van der Waals surface area contributed by atoms with E-state index in [2.05, 4.69) is 60.6 Å². The average molecular weight is 342 g/mol. The van der Waals surface area contributed by atoms with E-state index in [1.807, 2.05) is 6.20 Å². The predicted molar refractivity (Wildman–Crippen MR) is 103 cm³/mol. The van der Waals surface area contributed by atoms with Crippen molar-refractivity contribution in [3.05, 3.63) is 41.6 Å². The van der Waals surface area contributed by atoms with Crippen molar-refractivity contribution in [1.29, 1.82) is 0 Å². The molecule has 1 fully saturated rings. The van der Waals surface area contributed by atoms with E-state index in [1.54, 1.807) is 0 Å². The van der Waals surface area contributed by atoms with Crippen LogP contribution in [0.15, 0.2) is 24.5 Å². The van der Waals surface area contributed by atoms with Crippen molar-refractivity contribution in [2.45, 2.75) is 45.6 Å². The Balaban J connectivity index is 1.70. The molecule has 1 atom stereocenters. The Bertz CT molecular complexity index is 671. The number of imidazole rings is 1. The Labute approximate surface area is 151 Å². The first-order chi connectivity index (χ1) is 12.0. The summed E-state index contributed by atoms with van der Waals surface area (Å²) < 4.78 is 2.35. The van der Waals surface area contributed by atoms with Gasteiger partial charge in [0, 0.05) is 43.6 Å². The van der Waals surface area contributed by atoms with Gasteiger partial charge in [-0.1, -0.05) is 0 Å². The lowest BCUT2D eigenvalue weighted by molar-refractivity contribution is 0.380. The van der Waals surface area contributed by atoms with Crippen molar-refractivity contribution in [3.63, 3.8) is 0 Å². The largest absolute Gasteiger partial charge is 0.356 e. The van der Waals surface area contributed by atoms with Gasteiger partial charge in [0.15, 0.2) is 0 Å². The first kappa shape index (κ1) is 17.9. The smallest absolute Gasteiger partial charge is 0.129 e. The number of hydrogen-bond donors (Lipinski definition) is 0. The fourth-order valence-electron chi connectivity index (χ4n) is 3.80. The number of piperidine rings is 1. The summed E-state index contributed by atoms with van der Waals surface area (Å²) >= 11 is 0. The summed E-state index contributed by atoms with van der Waals surface area (Å²) in [6.45, 7) is 8.49. The van der Waals surface area contributed by atoms with Gasteiger partial charge in [-0.2, -0.15) is 0 Å². The molecule has 1 saturated heterocycles. The minimum absolute atomic E-state index is 0.491. The van der Waals surface area contributed by atoms with Crippen molar-refractivity contribution in [2.24, 2.45) is 0 Å². The highest BCUT2D eigenvalue weighted by atomic mass is 15.2. The van der Waals surface area contributed by atoms with Crippen molar-refractivity contribution in [3.8, 4) is 0 Å². The van der Waals surface area contributed by atoms with Crippen LogP contribution < -0.4 is 4.90 Å². The van der Waals surface area contributed by atoms with Crippen LogP contribution in [0.1, 0.15) is 42.3 Å². The summed E-state index contributed by atoms with van der Waals surface area (Å²) in [6.07, 6.45) is 7.67. The van der Waals surface area contributed by atoms with E-state index in [4.69, 9.17) is 9.97 Å². The fraction of sp³-hybridized carbons (Fsp3) is 0.600. The van der Waals surface area contributed by atoms with Crippen LogP contribution in [0.2, 0.25) is 0 Å². The lowest BCUT2D eigenvalue weighted by Crippen LogP contribution is -2.36. The lowest BCUT2D eigenvalue weighted by Gasteiger charge is -2.34. The summed E-state index contributed by atoms with van der Waals surface area (Å²) in [5.41, 5.74) is 2.39. The van der Waals surface area contributed by atoms with Gasteiger partial charge in [-0.05, 0) is 71.4 Å². The molecule has 1 aliphatic rings. The molecule has 0 aromatic carbocycles. The highest BCUT2D eigenvalue weighted by Gasteiger charge is 2.25. The zero-order valence-corrected chi connectivity index (χ0v) is 16.1. The Morgan fingerprint density at radius 3 is 2.84 bits per heavy atom. The molecule has 0 aliphatic carbocycles. The summed E-state index contributed by atoms with van der Waals surface area (Å²) in [5, 5.41) is 0. The van der Waals surface area contributed by atoms with Gasteiger partial charge in [0.2, 0.25) is 0 Å². The molecule has 0 radical (unpaired) electrons. The maximum absolute atomic E-state index is 4.76. The van der Waals surface area contributed by atoms with Gasteiger partial charge in [0.1, 0.15) is 11.6 Å². The van der Waals surface area contributed by atoms with Gasteiger partial charge < -0.3 is 14.4 Å². The SMILES string of the molecule is Cc1cc(C)nc(N2CCC[C@H](c3nccn3CCCN(C)C)C2)c1. The van der Waals surface area contributed by atoms with Crippen LogP contribution in [-0.2, 0) is 6.54 Å². The fourth-order valence-corrected chi connectivity index (χ4v) is 3.80. The van der Waals surface area contributed by atoms with Gasteiger partial charge in [0.05, 0.1) is 0 Å². The monoisotopic (exact) mass is 341 g/mol. The van der Waals surface area contributed by atoms with E-state index in [9.17, 15) is 0 Å². The predicted octanol–water partition coefficient (Wildman–Crippen LogP) is 3.23. The zero-order chi connectivity index (χ0) is 17.8. The van der Waals surface area contributed by atoms with Crippen LogP contribution in [0.3, 0.4) is 0 Å². The number of aryl methyl sites for hydroxylation is 3. The van der Waals surface area contributed by atoms with Crippen molar-refractivity contribution < 1.29 is 0 Å².